The lowest BCUT2D eigenvalue weighted by Gasteiger charge is -2.16. The third-order valence-corrected chi connectivity index (χ3v) is 4.42. The highest BCUT2D eigenvalue weighted by molar-refractivity contribution is 7.89. The first-order chi connectivity index (χ1) is 8.91. The van der Waals surface area contributed by atoms with E-state index in [0.717, 1.165) is 0 Å². The first-order valence-corrected chi connectivity index (χ1v) is 7.18. The van der Waals surface area contributed by atoms with E-state index in [1.165, 1.54) is 18.4 Å². The van der Waals surface area contributed by atoms with Gasteiger partial charge in [-0.15, -0.1) is 0 Å². The van der Waals surface area contributed by atoms with Gasteiger partial charge in [0.05, 0.1) is 11.4 Å². The Balaban J connectivity index is 2.84. The Morgan fingerprint density at radius 2 is 1.89 bits per heavy atom. The number of sulfonamides is 1. The number of anilines is 1. The summed E-state index contributed by atoms with van der Waals surface area (Å²) in [5, 5.41) is 3.07. The van der Waals surface area contributed by atoms with Crippen molar-refractivity contribution in [3.63, 3.8) is 0 Å². The smallest absolute Gasteiger partial charge is 0.242 e. The molecule has 0 saturated carbocycles. The van der Waals surface area contributed by atoms with Crippen molar-refractivity contribution in [1.82, 2.24) is 4.31 Å². The van der Waals surface area contributed by atoms with Crippen molar-refractivity contribution in [2.24, 2.45) is 0 Å². The molecule has 19 heavy (non-hydrogen) atoms. The fraction of sp³-hybridized carbons (Fsp3) is 0.500. The number of hydrogen-bond acceptors (Lipinski definition) is 5. The average molecular weight is 288 g/mol. The van der Waals surface area contributed by atoms with Gasteiger partial charge in [-0.25, -0.2) is 12.7 Å². The van der Waals surface area contributed by atoms with Crippen molar-refractivity contribution in [3.05, 3.63) is 24.3 Å². The van der Waals surface area contributed by atoms with Crippen LogP contribution in [0.4, 0.5) is 5.69 Å². The van der Waals surface area contributed by atoms with Crippen LogP contribution < -0.4 is 5.32 Å². The molecule has 108 valence electrons. The van der Waals surface area contributed by atoms with E-state index in [1.807, 2.05) is 0 Å². The summed E-state index contributed by atoms with van der Waals surface area (Å²) in [7, 11) is 2.67. The molecule has 1 N–H and O–H groups in total. The Morgan fingerprint density at radius 3 is 2.42 bits per heavy atom. The molecule has 0 aliphatic rings. The van der Waals surface area contributed by atoms with E-state index in [2.05, 4.69) is 5.32 Å². The lowest BCUT2D eigenvalue weighted by molar-refractivity contribution is -0.0914. The molecule has 0 spiro atoms. The molecule has 0 atom stereocenters. The Kier molecular flexibility index (Phi) is 5.74. The van der Waals surface area contributed by atoms with Crippen LogP contribution in [-0.2, 0) is 19.5 Å². The lowest BCUT2D eigenvalue weighted by Crippen LogP contribution is -2.24. The largest absolute Gasteiger partial charge is 0.380 e. The summed E-state index contributed by atoms with van der Waals surface area (Å²) < 4.78 is 35.2. The Bertz CT molecular complexity index is 498. The highest BCUT2D eigenvalue weighted by Crippen LogP contribution is 2.17. The van der Waals surface area contributed by atoms with E-state index in [4.69, 9.17) is 9.47 Å². The van der Waals surface area contributed by atoms with Gasteiger partial charge in [0.1, 0.15) is 0 Å². The van der Waals surface area contributed by atoms with Crippen molar-refractivity contribution in [2.45, 2.75) is 11.2 Å². The van der Waals surface area contributed by atoms with Crippen LogP contribution in [0.1, 0.15) is 0 Å². The van der Waals surface area contributed by atoms with Crippen LogP contribution >= 0.6 is 0 Å². The summed E-state index contributed by atoms with van der Waals surface area (Å²) in [4.78, 5) is 0.244. The number of hydrogen-bond donors (Lipinski definition) is 1. The summed E-state index contributed by atoms with van der Waals surface area (Å²) >= 11 is 0. The highest BCUT2D eigenvalue weighted by Gasteiger charge is 2.17. The second kappa shape index (κ2) is 6.85. The van der Waals surface area contributed by atoms with Gasteiger partial charge >= 0.3 is 0 Å². The van der Waals surface area contributed by atoms with Gasteiger partial charge in [-0.05, 0) is 18.2 Å². The number of rotatable bonds is 7. The molecule has 7 heteroatoms. The van der Waals surface area contributed by atoms with E-state index in [-0.39, 0.29) is 11.2 Å². The van der Waals surface area contributed by atoms with Crippen molar-refractivity contribution in [3.8, 4) is 0 Å². The van der Waals surface area contributed by atoms with E-state index in [9.17, 15) is 8.42 Å². The van der Waals surface area contributed by atoms with Gasteiger partial charge in [0.15, 0.2) is 6.29 Å². The van der Waals surface area contributed by atoms with E-state index < -0.39 is 10.0 Å². The highest BCUT2D eigenvalue weighted by atomic mass is 32.2. The molecule has 1 aromatic carbocycles. The molecule has 0 saturated heterocycles. The van der Waals surface area contributed by atoms with E-state index in [1.54, 1.807) is 38.5 Å². The lowest BCUT2D eigenvalue weighted by atomic mass is 10.3. The first-order valence-electron chi connectivity index (χ1n) is 5.74. The number of methoxy groups -OCH3 is 2. The fourth-order valence-corrected chi connectivity index (χ4v) is 2.39. The van der Waals surface area contributed by atoms with Gasteiger partial charge in [-0.2, -0.15) is 0 Å². The summed E-state index contributed by atoms with van der Waals surface area (Å²) in [5.41, 5.74) is 0.696. The molecule has 0 amide bonds. The first kappa shape index (κ1) is 15.9. The third-order valence-electron chi connectivity index (χ3n) is 2.61. The van der Waals surface area contributed by atoms with E-state index in [0.29, 0.717) is 12.2 Å². The fourth-order valence-electron chi connectivity index (χ4n) is 1.44. The summed E-state index contributed by atoms with van der Waals surface area (Å²) in [5.74, 6) is 0. The maximum atomic E-state index is 12.0. The van der Waals surface area contributed by atoms with Crippen molar-refractivity contribution < 1.29 is 17.9 Å². The maximum absolute atomic E-state index is 12.0. The molecule has 1 aromatic rings. The van der Waals surface area contributed by atoms with Gasteiger partial charge in [-0.1, -0.05) is 6.07 Å². The van der Waals surface area contributed by atoms with Crippen LogP contribution in [0.3, 0.4) is 0 Å². The molecule has 0 fully saturated rings. The molecule has 6 nitrogen and oxygen atoms in total. The second-order valence-electron chi connectivity index (χ2n) is 4.10. The van der Waals surface area contributed by atoms with Crippen LogP contribution in [0, 0.1) is 0 Å². The van der Waals surface area contributed by atoms with Crippen molar-refractivity contribution >= 4 is 15.7 Å². The monoisotopic (exact) mass is 288 g/mol. The van der Waals surface area contributed by atoms with Gasteiger partial charge in [0.2, 0.25) is 10.0 Å². The van der Waals surface area contributed by atoms with Gasteiger partial charge in [0.25, 0.3) is 0 Å². The van der Waals surface area contributed by atoms with Gasteiger partial charge in [-0.3, -0.25) is 0 Å². The van der Waals surface area contributed by atoms with Crippen molar-refractivity contribution in [2.75, 3.05) is 40.2 Å². The van der Waals surface area contributed by atoms with Crippen LogP contribution in [0.25, 0.3) is 0 Å². The zero-order chi connectivity index (χ0) is 14.5. The predicted molar refractivity (Wildman–Crippen MR) is 73.6 cm³/mol. The van der Waals surface area contributed by atoms with Crippen LogP contribution in [-0.4, -0.2) is 53.9 Å². The summed E-state index contributed by atoms with van der Waals surface area (Å²) in [6.45, 7) is 0.429. The van der Waals surface area contributed by atoms with E-state index >= 15 is 0 Å². The predicted octanol–water partition coefficient (Wildman–Crippen LogP) is 0.968. The molecular formula is C12H20N2O4S. The number of nitrogens with zero attached hydrogens (tertiary/aromatic N) is 1. The molecule has 0 aliphatic carbocycles. The molecule has 0 aliphatic heterocycles. The molecule has 0 bridgehead atoms. The number of nitrogens with one attached hydrogen (secondary N) is 1. The Labute approximate surface area is 114 Å². The molecule has 0 radical (unpaired) electrons. The average Bonchev–Trinajstić information content (AvgIpc) is 2.40. The topological polar surface area (TPSA) is 67.9 Å². The van der Waals surface area contributed by atoms with Crippen molar-refractivity contribution in [1.29, 1.82) is 0 Å². The third kappa shape index (κ3) is 4.17. The standard InChI is InChI=1S/C12H20N2O4S/c1-14(2)19(15,16)11-7-5-6-10(8-11)13-9-12(17-3)18-4/h5-8,12-13H,9H2,1-4H3. The van der Waals surface area contributed by atoms with Crippen LogP contribution in [0.5, 0.6) is 0 Å². The molecular weight excluding hydrogens is 268 g/mol. The zero-order valence-electron chi connectivity index (χ0n) is 11.6. The second-order valence-corrected chi connectivity index (χ2v) is 6.25. The van der Waals surface area contributed by atoms with Gasteiger partial charge < -0.3 is 14.8 Å². The minimum atomic E-state index is -3.42. The molecule has 0 unspecified atom stereocenters. The Hall–Kier alpha value is -1.15. The summed E-state index contributed by atoms with van der Waals surface area (Å²) in [6.07, 6.45) is -0.380. The van der Waals surface area contributed by atoms with Crippen LogP contribution in [0.15, 0.2) is 29.2 Å². The number of ether oxygens (including phenoxy) is 2. The minimum Gasteiger partial charge on any atom is -0.380 e. The minimum absolute atomic E-state index is 0.244. The normalized spacial score (nSPS) is 12.1. The molecule has 0 aromatic heterocycles. The van der Waals surface area contributed by atoms with Gasteiger partial charge in [0, 0.05) is 34.0 Å². The Morgan fingerprint density at radius 1 is 1.26 bits per heavy atom. The molecule has 1 rings (SSSR count). The SMILES string of the molecule is COC(CNc1cccc(S(=O)(=O)N(C)C)c1)OC. The number of benzene rings is 1. The summed E-state index contributed by atoms with van der Waals surface area (Å²) in [6, 6.07) is 6.62. The zero-order valence-corrected chi connectivity index (χ0v) is 12.4. The quantitative estimate of drug-likeness (QED) is 0.757. The van der Waals surface area contributed by atoms with Crippen LogP contribution in [0.2, 0.25) is 0 Å². The molecule has 0 heterocycles. The maximum Gasteiger partial charge on any atom is 0.242 e.